The number of aromatic amines is 1. The predicted octanol–water partition coefficient (Wildman–Crippen LogP) is 0.0527. The molecular formula is C10H16N4O3. The first kappa shape index (κ1) is 13.2. The Morgan fingerprint density at radius 1 is 1.47 bits per heavy atom. The zero-order valence-corrected chi connectivity index (χ0v) is 10.1. The molecule has 0 fully saturated rings. The van der Waals surface area contributed by atoms with Gasteiger partial charge in [0.05, 0.1) is 13.2 Å². The fraction of sp³-hybridized carbons (Fsp3) is 0.500. The van der Waals surface area contributed by atoms with Gasteiger partial charge in [-0.05, 0) is 20.9 Å². The van der Waals surface area contributed by atoms with Gasteiger partial charge in [-0.15, -0.1) is 0 Å². The molecule has 1 heterocycles. The minimum atomic E-state index is -0.501. The van der Waals surface area contributed by atoms with E-state index in [0.29, 0.717) is 5.69 Å². The molecule has 1 amide bonds. The van der Waals surface area contributed by atoms with Gasteiger partial charge in [0.25, 0.3) is 0 Å². The fourth-order valence-corrected chi connectivity index (χ4v) is 1.31. The Bertz CT molecular complexity index is 414. The standard InChI is InChI=1S/C10H16N4O3/c1-4-17-10(16)8-6(2)13-14-9(8)12-7(15)5-11-3/h11H,4-5H2,1-3H3,(H2,12,13,14,15). The number of aromatic nitrogens is 2. The van der Waals surface area contributed by atoms with E-state index in [1.807, 2.05) is 0 Å². The number of nitrogens with one attached hydrogen (secondary N) is 3. The van der Waals surface area contributed by atoms with Crippen LogP contribution in [0.4, 0.5) is 5.82 Å². The second-order valence-electron chi connectivity index (χ2n) is 3.37. The molecule has 1 rings (SSSR count). The fourth-order valence-electron chi connectivity index (χ4n) is 1.31. The molecule has 0 aliphatic carbocycles. The summed E-state index contributed by atoms with van der Waals surface area (Å²) in [5.74, 6) is -0.579. The van der Waals surface area contributed by atoms with Crippen molar-refractivity contribution >= 4 is 17.7 Å². The minimum absolute atomic E-state index is 0.147. The molecule has 0 radical (unpaired) electrons. The van der Waals surface area contributed by atoms with E-state index in [-0.39, 0.29) is 30.4 Å². The number of nitrogens with zero attached hydrogens (tertiary/aromatic N) is 1. The zero-order valence-electron chi connectivity index (χ0n) is 10.1. The van der Waals surface area contributed by atoms with Crippen molar-refractivity contribution in [1.29, 1.82) is 0 Å². The maximum atomic E-state index is 11.6. The van der Waals surface area contributed by atoms with Gasteiger partial charge in [0.1, 0.15) is 5.56 Å². The van der Waals surface area contributed by atoms with Gasteiger partial charge in [-0.3, -0.25) is 9.89 Å². The molecule has 0 saturated carbocycles. The van der Waals surface area contributed by atoms with E-state index in [4.69, 9.17) is 4.74 Å². The summed E-state index contributed by atoms with van der Waals surface area (Å²) >= 11 is 0. The van der Waals surface area contributed by atoms with Crippen LogP contribution in [0.5, 0.6) is 0 Å². The first-order valence-corrected chi connectivity index (χ1v) is 5.26. The summed E-state index contributed by atoms with van der Waals surface area (Å²) in [5.41, 5.74) is 0.819. The SMILES string of the molecule is CCOC(=O)c1c(NC(=O)CNC)n[nH]c1C. The number of anilines is 1. The van der Waals surface area contributed by atoms with Gasteiger partial charge in [0, 0.05) is 5.69 Å². The van der Waals surface area contributed by atoms with E-state index < -0.39 is 5.97 Å². The second-order valence-corrected chi connectivity index (χ2v) is 3.37. The van der Waals surface area contributed by atoms with Crippen molar-refractivity contribution in [2.75, 3.05) is 25.5 Å². The number of ether oxygens (including phenoxy) is 1. The van der Waals surface area contributed by atoms with Gasteiger partial charge in [-0.2, -0.15) is 5.10 Å². The molecule has 0 spiro atoms. The third kappa shape index (κ3) is 3.28. The number of hydrogen-bond acceptors (Lipinski definition) is 5. The van der Waals surface area contributed by atoms with Gasteiger partial charge in [-0.1, -0.05) is 0 Å². The molecule has 0 bridgehead atoms. The van der Waals surface area contributed by atoms with Crippen LogP contribution in [0, 0.1) is 6.92 Å². The van der Waals surface area contributed by atoms with Crippen molar-refractivity contribution in [1.82, 2.24) is 15.5 Å². The summed E-state index contributed by atoms with van der Waals surface area (Å²) < 4.78 is 4.88. The monoisotopic (exact) mass is 240 g/mol. The number of rotatable bonds is 5. The molecule has 7 heteroatoms. The third-order valence-corrected chi connectivity index (χ3v) is 2.02. The number of carbonyl (C=O) groups excluding carboxylic acids is 2. The maximum Gasteiger partial charge on any atom is 0.343 e. The molecule has 0 atom stereocenters. The Kier molecular flexibility index (Phi) is 4.65. The van der Waals surface area contributed by atoms with Gasteiger partial charge in [-0.25, -0.2) is 4.79 Å². The average molecular weight is 240 g/mol. The second kappa shape index (κ2) is 6.00. The summed E-state index contributed by atoms with van der Waals surface area (Å²) in [6, 6.07) is 0. The molecule has 1 aromatic rings. The van der Waals surface area contributed by atoms with Gasteiger partial charge in [0.15, 0.2) is 5.82 Å². The molecular weight excluding hydrogens is 224 g/mol. The van der Waals surface area contributed by atoms with Crippen molar-refractivity contribution in [3.63, 3.8) is 0 Å². The van der Waals surface area contributed by atoms with Crippen LogP contribution in [0.1, 0.15) is 23.0 Å². The Morgan fingerprint density at radius 2 is 2.18 bits per heavy atom. The first-order chi connectivity index (χ1) is 8.10. The maximum absolute atomic E-state index is 11.6. The highest BCUT2D eigenvalue weighted by atomic mass is 16.5. The van der Waals surface area contributed by atoms with E-state index in [9.17, 15) is 9.59 Å². The Balaban J connectivity index is 2.86. The van der Waals surface area contributed by atoms with Crippen LogP contribution in [0.2, 0.25) is 0 Å². The highest BCUT2D eigenvalue weighted by Gasteiger charge is 2.20. The van der Waals surface area contributed by atoms with Crippen LogP contribution in [-0.2, 0) is 9.53 Å². The Labute approximate surface area is 98.9 Å². The number of esters is 1. The molecule has 94 valence electrons. The minimum Gasteiger partial charge on any atom is -0.462 e. The number of likely N-dealkylation sites (N-methyl/N-ethyl adjacent to an activating group) is 1. The summed E-state index contributed by atoms with van der Waals surface area (Å²) in [6.45, 7) is 3.82. The summed E-state index contributed by atoms with van der Waals surface area (Å²) in [5, 5.41) is 11.7. The van der Waals surface area contributed by atoms with Crippen LogP contribution in [0.3, 0.4) is 0 Å². The molecule has 7 nitrogen and oxygen atoms in total. The molecule has 1 aromatic heterocycles. The number of H-pyrrole nitrogens is 1. The van der Waals surface area contributed by atoms with E-state index in [2.05, 4.69) is 20.8 Å². The predicted molar refractivity (Wildman–Crippen MR) is 61.8 cm³/mol. The number of amides is 1. The first-order valence-electron chi connectivity index (χ1n) is 5.26. The third-order valence-electron chi connectivity index (χ3n) is 2.02. The molecule has 0 aliphatic heterocycles. The molecule has 0 aliphatic rings. The van der Waals surface area contributed by atoms with E-state index in [1.165, 1.54) is 0 Å². The largest absolute Gasteiger partial charge is 0.462 e. The van der Waals surface area contributed by atoms with Crippen molar-refractivity contribution in [3.05, 3.63) is 11.3 Å². The number of hydrogen-bond donors (Lipinski definition) is 3. The normalized spacial score (nSPS) is 10.1. The number of aryl methyl sites for hydroxylation is 1. The lowest BCUT2D eigenvalue weighted by Gasteiger charge is -2.05. The summed E-state index contributed by atoms with van der Waals surface area (Å²) in [4.78, 5) is 23.0. The lowest BCUT2D eigenvalue weighted by Crippen LogP contribution is -2.26. The van der Waals surface area contributed by atoms with E-state index in [1.54, 1.807) is 20.9 Å². The van der Waals surface area contributed by atoms with Crippen molar-refractivity contribution in [2.45, 2.75) is 13.8 Å². The number of carbonyl (C=O) groups is 2. The van der Waals surface area contributed by atoms with Crippen molar-refractivity contribution in [3.8, 4) is 0 Å². The zero-order chi connectivity index (χ0) is 12.8. The Hall–Kier alpha value is -1.89. The molecule has 0 unspecified atom stereocenters. The quantitative estimate of drug-likeness (QED) is 0.632. The van der Waals surface area contributed by atoms with Crippen LogP contribution in [0.15, 0.2) is 0 Å². The Morgan fingerprint density at radius 3 is 2.76 bits per heavy atom. The van der Waals surface area contributed by atoms with Crippen molar-refractivity contribution in [2.24, 2.45) is 0 Å². The molecule has 3 N–H and O–H groups in total. The highest BCUT2D eigenvalue weighted by Crippen LogP contribution is 2.16. The molecule has 0 saturated heterocycles. The molecule has 17 heavy (non-hydrogen) atoms. The van der Waals surface area contributed by atoms with Gasteiger partial charge < -0.3 is 15.4 Å². The van der Waals surface area contributed by atoms with Crippen LogP contribution >= 0.6 is 0 Å². The van der Waals surface area contributed by atoms with Crippen LogP contribution in [-0.4, -0.2) is 42.3 Å². The lowest BCUT2D eigenvalue weighted by atomic mass is 10.2. The highest BCUT2D eigenvalue weighted by molar-refractivity contribution is 6.01. The van der Waals surface area contributed by atoms with E-state index >= 15 is 0 Å². The smallest absolute Gasteiger partial charge is 0.343 e. The van der Waals surface area contributed by atoms with E-state index in [0.717, 1.165) is 0 Å². The topological polar surface area (TPSA) is 96.1 Å². The summed E-state index contributed by atoms with van der Waals surface area (Å²) in [7, 11) is 1.65. The lowest BCUT2D eigenvalue weighted by molar-refractivity contribution is -0.115. The van der Waals surface area contributed by atoms with Crippen molar-refractivity contribution < 1.29 is 14.3 Å². The average Bonchev–Trinajstić information content (AvgIpc) is 2.60. The molecule has 0 aromatic carbocycles. The van der Waals surface area contributed by atoms with Crippen LogP contribution in [0.25, 0.3) is 0 Å². The van der Waals surface area contributed by atoms with Gasteiger partial charge >= 0.3 is 5.97 Å². The van der Waals surface area contributed by atoms with Gasteiger partial charge in [0.2, 0.25) is 5.91 Å². The van der Waals surface area contributed by atoms with Crippen LogP contribution < -0.4 is 10.6 Å². The summed E-state index contributed by atoms with van der Waals surface area (Å²) in [6.07, 6.45) is 0.